The Hall–Kier alpha value is -3.38. The molecular weight excluding hydrogens is 397 g/mol. The fourth-order valence-corrected chi connectivity index (χ4v) is 3.71. The lowest BCUT2D eigenvalue weighted by atomic mass is 10.1. The lowest BCUT2D eigenvalue weighted by molar-refractivity contribution is -0.113. The van der Waals surface area contributed by atoms with Crippen molar-refractivity contribution >= 4 is 23.4 Å². The topological polar surface area (TPSA) is 57.8 Å². The first-order valence-electron chi connectivity index (χ1n) is 9.50. The number of hydrogen-bond donors (Lipinski definition) is 2. The van der Waals surface area contributed by atoms with Crippen molar-refractivity contribution in [2.45, 2.75) is 12.1 Å². The van der Waals surface area contributed by atoms with Crippen LogP contribution in [0.25, 0.3) is 22.5 Å². The largest absolute Gasteiger partial charge is 0.332 e. The molecule has 30 heavy (non-hydrogen) atoms. The van der Waals surface area contributed by atoms with Crippen LogP contribution in [0.1, 0.15) is 5.56 Å². The van der Waals surface area contributed by atoms with Crippen molar-refractivity contribution in [2.75, 3.05) is 11.1 Å². The number of nitrogens with zero attached hydrogens (tertiary/aromatic N) is 1. The number of nitrogens with one attached hydrogen (secondary N) is 2. The van der Waals surface area contributed by atoms with Crippen LogP contribution in [0.2, 0.25) is 0 Å². The van der Waals surface area contributed by atoms with Gasteiger partial charge in [-0.1, -0.05) is 78.5 Å². The molecule has 0 spiro atoms. The Morgan fingerprint density at radius 2 is 1.67 bits per heavy atom. The first-order valence-corrected chi connectivity index (χ1v) is 10.5. The molecule has 0 atom stereocenters. The molecule has 3 aromatic carbocycles. The van der Waals surface area contributed by atoms with Gasteiger partial charge in [0.15, 0.2) is 5.16 Å². The average molecular weight is 418 g/mol. The van der Waals surface area contributed by atoms with Gasteiger partial charge in [-0.25, -0.2) is 9.37 Å². The SMILES string of the molecule is Cc1ccc(NC(=O)CSc2nc(-c3ccccc3)c(-c3ccccc3)[nH]2)cc1F. The van der Waals surface area contributed by atoms with E-state index in [-0.39, 0.29) is 17.5 Å². The van der Waals surface area contributed by atoms with Gasteiger partial charge in [-0.05, 0) is 24.6 Å². The van der Waals surface area contributed by atoms with E-state index in [0.717, 1.165) is 22.5 Å². The molecule has 1 heterocycles. The summed E-state index contributed by atoms with van der Waals surface area (Å²) in [6.45, 7) is 1.68. The molecule has 0 aliphatic heterocycles. The number of carbonyl (C=O) groups is 1. The second-order valence-corrected chi connectivity index (χ2v) is 7.76. The minimum atomic E-state index is -0.341. The number of imidazole rings is 1. The van der Waals surface area contributed by atoms with Crippen molar-refractivity contribution < 1.29 is 9.18 Å². The highest BCUT2D eigenvalue weighted by Gasteiger charge is 2.15. The number of anilines is 1. The normalized spacial score (nSPS) is 10.7. The summed E-state index contributed by atoms with van der Waals surface area (Å²) in [7, 11) is 0. The van der Waals surface area contributed by atoms with E-state index in [0.29, 0.717) is 16.4 Å². The van der Waals surface area contributed by atoms with Gasteiger partial charge in [0.2, 0.25) is 5.91 Å². The standard InChI is InChI=1S/C24H20FN3OS/c1-16-12-13-19(14-20(16)25)26-21(29)15-30-24-27-22(17-8-4-2-5-9-17)23(28-24)18-10-6-3-7-11-18/h2-14H,15H2,1H3,(H,26,29)(H,27,28). The van der Waals surface area contributed by atoms with Crippen LogP contribution in [0.3, 0.4) is 0 Å². The summed E-state index contributed by atoms with van der Waals surface area (Å²) >= 11 is 1.31. The molecule has 150 valence electrons. The van der Waals surface area contributed by atoms with Crippen molar-refractivity contribution in [1.82, 2.24) is 9.97 Å². The molecule has 0 aliphatic rings. The number of aryl methyl sites for hydroxylation is 1. The number of thioether (sulfide) groups is 1. The maximum Gasteiger partial charge on any atom is 0.234 e. The van der Waals surface area contributed by atoms with E-state index in [2.05, 4.69) is 10.3 Å². The maximum absolute atomic E-state index is 13.7. The van der Waals surface area contributed by atoms with Gasteiger partial charge in [-0.15, -0.1) is 0 Å². The van der Waals surface area contributed by atoms with Crippen LogP contribution in [0.15, 0.2) is 84.0 Å². The highest BCUT2D eigenvalue weighted by Crippen LogP contribution is 2.32. The van der Waals surface area contributed by atoms with Crippen LogP contribution in [-0.4, -0.2) is 21.6 Å². The highest BCUT2D eigenvalue weighted by molar-refractivity contribution is 7.99. The minimum absolute atomic E-state index is 0.158. The summed E-state index contributed by atoms with van der Waals surface area (Å²) in [6.07, 6.45) is 0. The zero-order valence-electron chi connectivity index (χ0n) is 16.4. The number of aromatic nitrogens is 2. The van der Waals surface area contributed by atoms with E-state index in [1.165, 1.54) is 17.8 Å². The zero-order chi connectivity index (χ0) is 20.9. The molecule has 0 radical (unpaired) electrons. The van der Waals surface area contributed by atoms with Gasteiger partial charge in [0, 0.05) is 16.8 Å². The Balaban J connectivity index is 1.52. The monoisotopic (exact) mass is 417 g/mol. The van der Waals surface area contributed by atoms with E-state index < -0.39 is 0 Å². The Bertz CT molecular complexity index is 1100. The molecule has 4 rings (SSSR count). The lowest BCUT2D eigenvalue weighted by Crippen LogP contribution is -2.14. The van der Waals surface area contributed by atoms with Crippen LogP contribution in [0.5, 0.6) is 0 Å². The smallest absolute Gasteiger partial charge is 0.234 e. The van der Waals surface area contributed by atoms with Gasteiger partial charge in [0.25, 0.3) is 0 Å². The van der Waals surface area contributed by atoms with Crippen molar-refractivity contribution in [3.8, 4) is 22.5 Å². The van der Waals surface area contributed by atoms with Gasteiger partial charge in [0.05, 0.1) is 17.1 Å². The number of hydrogen-bond acceptors (Lipinski definition) is 3. The molecule has 0 aliphatic carbocycles. The van der Waals surface area contributed by atoms with Crippen LogP contribution in [-0.2, 0) is 4.79 Å². The molecule has 1 aromatic heterocycles. The molecule has 1 amide bonds. The summed E-state index contributed by atoms with van der Waals surface area (Å²) in [5, 5.41) is 3.37. The maximum atomic E-state index is 13.7. The van der Waals surface area contributed by atoms with Crippen LogP contribution in [0, 0.1) is 12.7 Å². The van der Waals surface area contributed by atoms with E-state index in [4.69, 9.17) is 4.98 Å². The number of halogens is 1. The number of H-pyrrole nitrogens is 1. The molecule has 4 nitrogen and oxygen atoms in total. The molecule has 0 unspecified atom stereocenters. The Labute approximate surface area is 178 Å². The third-order valence-electron chi connectivity index (χ3n) is 4.59. The fourth-order valence-electron chi connectivity index (χ4n) is 3.04. The van der Waals surface area contributed by atoms with Crippen LogP contribution >= 0.6 is 11.8 Å². The molecule has 0 saturated heterocycles. The second kappa shape index (κ2) is 8.97. The number of amides is 1. The lowest BCUT2D eigenvalue weighted by Gasteiger charge is -2.05. The molecule has 0 bridgehead atoms. The molecule has 2 N–H and O–H groups in total. The average Bonchev–Trinajstić information content (AvgIpc) is 3.21. The van der Waals surface area contributed by atoms with E-state index in [9.17, 15) is 9.18 Å². The van der Waals surface area contributed by atoms with E-state index in [1.54, 1.807) is 19.1 Å². The zero-order valence-corrected chi connectivity index (χ0v) is 17.2. The van der Waals surface area contributed by atoms with E-state index in [1.807, 2.05) is 60.7 Å². The van der Waals surface area contributed by atoms with Crippen molar-refractivity contribution in [3.63, 3.8) is 0 Å². The van der Waals surface area contributed by atoms with Crippen molar-refractivity contribution in [1.29, 1.82) is 0 Å². The third-order valence-corrected chi connectivity index (χ3v) is 5.46. The van der Waals surface area contributed by atoms with Crippen LogP contribution < -0.4 is 5.32 Å². The van der Waals surface area contributed by atoms with Crippen molar-refractivity contribution in [3.05, 3.63) is 90.2 Å². The first kappa shape index (κ1) is 19.9. The summed E-state index contributed by atoms with van der Waals surface area (Å²) < 4.78 is 13.7. The minimum Gasteiger partial charge on any atom is -0.332 e. The summed E-state index contributed by atoms with van der Waals surface area (Å²) in [5.74, 6) is -0.403. The summed E-state index contributed by atoms with van der Waals surface area (Å²) in [6, 6.07) is 24.6. The molecular formula is C24H20FN3OS. The predicted molar refractivity (Wildman–Crippen MR) is 120 cm³/mol. The predicted octanol–water partition coefficient (Wildman–Crippen LogP) is 5.92. The number of benzene rings is 3. The van der Waals surface area contributed by atoms with Gasteiger partial charge in [-0.3, -0.25) is 4.79 Å². The molecule has 0 saturated carbocycles. The van der Waals surface area contributed by atoms with Crippen LogP contribution in [0.4, 0.5) is 10.1 Å². The summed E-state index contributed by atoms with van der Waals surface area (Å²) in [5.41, 5.74) is 4.75. The number of rotatable bonds is 6. The Kier molecular flexibility index (Phi) is 5.95. The highest BCUT2D eigenvalue weighted by atomic mass is 32.2. The fraction of sp³-hybridized carbons (Fsp3) is 0.0833. The van der Waals surface area contributed by atoms with Gasteiger partial charge in [0.1, 0.15) is 5.82 Å². The van der Waals surface area contributed by atoms with Gasteiger partial charge in [-0.2, -0.15) is 0 Å². The Morgan fingerprint density at radius 1 is 1.00 bits per heavy atom. The molecule has 0 fully saturated rings. The van der Waals surface area contributed by atoms with E-state index >= 15 is 0 Å². The second-order valence-electron chi connectivity index (χ2n) is 6.80. The molecule has 6 heteroatoms. The van der Waals surface area contributed by atoms with Crippen molar-refractivity contribution in [2.24, 2.45) is 0 Å². The Morgan fingerprint density at radius 3 is 2.33 bits per heavy atom. The third kappa shape index (κ3) is 4.60. The van der Waals surface area contributed by atoms with Gasteiger partial charge >= 0.3 is 0 Å². The van der Waals surface area contributed by atoms with Gasteiger partial charge < -0.3 is 10.3 Å². The summed E-state index contributed by atoms with van der Waals surface area (Å²) in [4.78, 5) is 20.4. The first-order chi connectivity index (χ1) is 14.6. The number of aromatic amines is 1. The molecule has 4 aromatic rings. The number of carbonyl (C=O) groups excluding carboxylic acids is 1. The quantitative estimate of drug-likeness (QED) is 0.383.